The zero-order valence-electron chi connectivity index (χ0n) is 13.8. The lowest BCUT2D eigenvalue weighted by atomic mass is 10.0. The molecule has 0 saturated heterocycles. The zero-order chi connectivity index (χ0) is 16.2. The minimum absolute atomic E-state index is 0.809. The van der Waals surface area contributed by atoms with Crippen LogP contribution in [0, 0.1) is 6.92 Å². The highest BCUT2D eigenvalue weighted by Crippen LogP contribution is 2.20. The third-order valence-corrected chi connectivity index (χ3v) is 4.25. The summed E-state index contributed by atoms with van der Waals surface area (Å²) in [5.74, 6) is 1.02. The fourth-order valence-corrected chi connectivity index (χ4v) is 2.87. The average Bonchev–Trinajstić information content (AvgIpc) is 3.03. The van der Waals surface area contributed by atoms with Crippen LogP contribution >= 0.6 is 0 Å². The Morgan fingerprint density at radius 3 is 2.48 bits per heavy atom. The highest BCUT2D eigenvalue weighted by molar-refractivity contribution is 6.04. The average molecular weight is 305 g/mol. The van der Waals surface area contributed by atoms with Crippen LogP contribution < -0.4 is 5.73 Å². The van der Waals surface area contributed by atoms with E-state index in [0.717, 1.165) is 42.3 Å². The Bertz CT molecular complexity index is 727. The van der Waals surface area contributed by atoms with Gasteiger partial charge in [0.15, 0.2) is 0 Å². The fourth-order valence-electron chi connectivity index (χ4n) is 2.87. The van der Waals surface area contributed by atoms with Gasteiger partial charge in [-0.05, 0) is 25.0 Å². The van der Waals surface area contributed by atoms with Gasteiger partial charge >= 0.3 is 0 Å². The van der Waals surface area contributed by atoms with E-state index in [2.05, 4.69) is 72.3 Å². The molecule has 0 amide bonds. The first-order chi connectivity index (χ1) is 11.1. The Kier molecular flexibility index (Phi) is 4.47. The molecule has 3 rings (SSSR count). The van der Waals surface area contributed by atoms with Crippen LogP contribution in [0.2, 0.25) is 0 Å². The van der Waals surface area contributed by atoms with E-state index < -0.39 is 0 Å². The van der Waals surface area contributed by atoms with Gasteiger partial charge in [0.1, 0.15) is 5.84 Å². The second kappa shape index (κ2) is 6.69. The molecule has 0 radical (unpaired) electrons. The van der Waals surface area contributed by atoms with E-state index >= 15 is 0 Å². The molecule has 0 spiro atoms. The summed E-state index contributed by atoms with van der Waals surface area (Å²) in [5.41, 5.74) is 11.9. The van der Waals surface area contributed by atoms with Crippen LogP contribution in [-0.2, 0) is 6.54 Å². The first-order valence-electron chi connectivity index (χ1n) is 8.02. The minimum atomic E-state index is 0.809. The zero-order valence-corrected chi connectivity index (χ0v) is 13.8. The van der Waals surface area contributed by atoms with Gasteiger partial charge in [-0.2, -0.15) is 0 Å². The van der Waals surface area contributed by atoms with Crippen molar-refractivity contribution in [1.82, 2.24) is 4.90 Å². The summed E-state index contributed by atoms with van der Waals surface area (Å²) >= 11 is 0. The fraction of sp³-hybridized carbons (Fsp3) is 0.250. The molecule has 118 valence electrons. The molecule has 0 bridgehead atoms. The first-order valence-corrected chi connectivity index (χ1v) is 8.02. The van der Waals surface area contributed by atoms with Crippen LogP contribution in [0.25, 0.3) is 5.70 Å². The van der Waals surface area contributed by atoms with Gasteiger partial charge in [0.2, 0.25) is 0 Å². The molecular weight excluding hydrogens is 282 g/mol. The van der Waals surface area contributed by atoms with Crippen molar-refractivity contribution in [2.45, 2.75) is 20.4 Å². The lowest BCUT2D eigenvalue weighted by Crippen LogP contribution is -2.29. The number of benzene rings is 2. The predicted octanol–water partition coefficient (Wildman–Crippen LogP) is 3.60. The van der Waals surface area contributed by atoms with Crippen LogP contribution in [0.3, 0.4) is 0 Å². The van der Waals surface area contributed by atoms with E-state index in [-0.39, 0.29) is 0 Å². The molecule has 0 unspecified atom stereocenters. The number of nitrogens with two attached hydrogens (primary N) is 1. The highest BCUT2D eigenvalue weighted by atomic mass is 15.2. The van der Waals surface area contributed by atoms with Crippen molar-refractivity contribution >= 4 is 11.5 Å². The maximum absolute atomic E-state index is 6.40. The number of hydrogen-bond acceptors (Lipinski definition) is 3. The minimum Gasteiger partial charge on any atom is -0.398 e. The monoisotopic (exact) mass is 305 g/mol. The molecule has 0 saturated carbocycles. The van der Waals surface area contributed by atoms with Gasteiger partial charge in [-0.3, -0.25) is 4.99 Å². The van der Waals surface area contributed by atoms with Crippen molar-refractivity contribution < 1.29 is 0 Å². The summed E-state index contributed by atoms with van der Waals surface area (Å²) in [6.45, 7) is 6.80. The van der Waals surface area contributed by atoms with Gasteiger partial charge in [0.05, 0.1) is 6.54 Å². The number of aliphatic imine (C=N–C) groups is 1. The molecule has 2 aromatic rings. The number of aryl methyl sites for hydroxylation is 1. The molecule has 0 atom stereocenters. The number of rotatable bonds is 4. The van der Waals surface area contributed by atoms with Crippen molar-refractivity contribution in [3.05, 3.63) is 76.9 Å². The van der Waals surface area contributed by atoms with Gasteiger partial charge in [0.25, 0.3) is 0 Å². The lowest BCUT2D eigenvalue weighted by Gasteiger charge is -2.22. The Morgan fingerprint density at radius 1 is 1.09 bits per heavy atom. The van der Waals surface area contributed by atoms with E-state index in [1.54, 1.807) is 0 Å². The van der Waals surface area contributed by atoms with E-state index in [9.17, 15) is 0 Å². The van der Waals surface area contributed by atoms with E-state index in [0.29, 0.717) is 0 Å². The largest absolute Gasteiger partial charge is 0.398 e. The van der Waals surface area contributed by atoms with E-state index in [1.807, 2.05) is 6.07 Å². The predicted molar refractivity (Wildman–Crippen MR) is 97.1 cm³/mol. The van der Waals surface area contributed by atoms with Crippen molar-refractivity contribution in [3.8, 4) is 0 Å². The van der Waals surface area contributed by atoms with Crippen molar-refractivity contribution in [3.63, 3.8) is 0 Å². The van der Waals surface area contributed by atoms with Crippen molar-refractivity contribution in [2.75, 3.05) is 13.1 Å². The number of amidine groups is 1. The number of nitrogens with zero attached hydrogens (tertiary/aromatic N) is 2. The maximum Gasteiger partial charge on any atom is 0.128 e. The molecule has 23 heavy (non-hydrogen) atoms. The van der Waals surface area contributed by atoms with Gasteiger partial charge in [-0.15, -0.1) is 0 Å². The van der Waals surface area contributed by atoms with Crippen molar-refractivity contribution in [2.24, 2.45) is 10.7 Å². The molecule has 2 aromatic carbocycles. The lowest BCUT2D eigenvalue weighted by molar-refractivity contribution is 0.452. The van der Waals surface area contributed by atoms with Gasteiger partial charge in [-0.25, -0.2) is 0 Å². The van der Waals surface area contributed by atoms with Crippen LogP contribution in [-0.4, -0.2) is 23.8 Å². The summed E-state index contributed by atoms with van der Waals surface area (Å²) in [6, 6.07) is 18.8. The highest BCUT2D eigenvalue weighted by Gasteiger charge is 2.20. The van der Waals surface area contributed by atoms with E-state index in [4.69, 9.17) is 5.73 Å². The molecule has 3 heteroatoms. The summed E-state index contributed by atoms with van der Waals surface area (Å²) < 4.78 is 0. The summed E-state index contributed by atoms with van der Waals surface area (Å²) in [4.78, 5) is 6.99. The first kappa shape index (κ1) is 15.3. The number of hydrogen-bond donors (Lipinski definition) is 1. The molecule has 2 N–H and O–H groups in total. The summed E-state index contributed by atoms with van der Waals surface area (Å²) in [6.07, 6.45) is 0. The summed E-state index contributed by atoms with van der Waals surface area (Å²) in [7, 11) is 0. The van der Waals surface area contributed by atoms with Crippen LogP contribution in [0.15, 0.2) is 65.2 Å². The third-order valence-electron chi connectivity index (χ3n) is 4.25. The molecule has 0 aromatic heterocycles. The standard InChI is InChI=1S/C20H23N3/c1-15-8-10-18(11-9-15)19(21)16(2)20-22-12-13-23(20)14-17-6-4-3-5-7-17/h3-11H,12-14,21H2,1-2H3/b19-16-. The normalized spacial score (nSPS) is 15.4. The quantitative estimate of drug-likeness (QED) is 0.937. The Balaban J connectivity index is 1.84. The molecule has 1 aliphatic heterocycles. The molecular formula is C20H23N3. The van der Waals surface area contributed by atoms with Gasteiger partial charge < -0.3 is 10.6 Å². The van der Waals surface area contributed by atoms with E-state index in [1.165, 1.54) is 11.1 Å². The second-order valence-corrected chi connectivity index (χ2v) is 6.02. The van der Waals surface area contributed by atoms with Crippen LogP contribution in [0.1, 0.15) is 23.6 Å². The molecule has 0 fully saturated rings. The molecule has 3 nitrogen and oxygen atoms in total. The smallest absolute Gasteiger partial charge is 0.128 e. The molecule has 1 heterocycles. The molecule has 0 aliphatic carbocycles. The SMILES string of the molecule is C/C(C1=NCCN1Cc1ccccc1)=C(/N)c1ccc(C)cc1. The topological polar surface area (TPSA) is 41.6 Å². The maximum atomic E-state index is 6.40. The van der Waals surface area contributed by atoms with Gasteiger partial charge in [0, 0.05) is 24.4 Å². The van der Waals surface area contributed by atoms with Crippen LogP contribution in [0.4, 0.5) is 0 Å². The van der Waals surface area contributed by atoms with Crippen molar-refractivity contribution in [1.29, 1.82) is 0 Å². The van der Waals surface area contributed by atoms with Gasteiger partial charge in [-0.1, -0.05) is 60.2 Å². The molecule has 1 aliphatic rings. The Hall–Kier alpha value is -2.55. The second-order valence-electron chi connectivity index (χ2n) is 6.02. The Morgan fingerprint density at radius 2 is 1.78 bits per heavy atom. The van der Waals surface area contributed by atoms with Crippen LogP contribution in [0.5, 0.6) is 0 Å². The Labute approximate surface area is 138 Å². The third kappa shape index (κ3) is 3.45. The summed E-state index contributed by atoms with van der Waals surface area (Å²) in [5, 5.41) is 0.